The summed E-state index contributed by atoms with van der Waals surface area (Å²) >= 11 is 0. The summed E-state index contributed by atoms with van der Waals surface area (Å²) in [6.45, 7) is 4.39. The van der Waals surface area contributed by atoms with Crippen molar-refractivity contribution in [3.05, 3.63) is 0 Å². The van der Waals surface area contributed by atoms with Crippen LogP contribution in [0, 0.1) is 5.92 Å². The molecule has 1 unspecified atom stereocenters. The molecule has 4 nitrogen and oxygen atoms in total. The van der Waals surface area contributed by atoms with E-state index < -0.39 is 0 Å². The maximum atomic E-state index is 6.10. The summed E-state index contributed by atoms with van der Waals surface area (Å²) < 4.78 is 10.2. The van der Waals surface area contributed by atoms with Gasteiger partial charge in [-0.05, 0) is 18.8 Å². The number of ether oxygens (including phenoxy) is 2. The summed E-state index contributed by atoms with van der Waals surface area (Å²) in [4.78, 5) is 2.33. The lowest BCUT2D eigenvalue weighted by atomic mass is 10.2. The zero-order valence-electron chi connectivity index (χ0n) is 9.95. The summed E-state index contributed by atoms with van der Waals surface area (Å²) in [6.07, 6.45) is 2.62. The summed E-state index contributed by atoms with van der Waals surface area (Å²) in [7, 11) is 3.46. The third-order valence-electron chi connectivity index (χ3n) is 2.92. The van der Waals surface area contributed by atoms with E-state index in [1.54, 1.807) is 14.2 Å². The van der Waals surface area contributed by atoms with Gasteiger partial charge >= 0.3 is 0 Å². The molecule has 4 heteroatoms. The molecule has 15 heavy (non-hydrogen) atoms. The van der Waals surface area contributed by atoms with E-state index in [2.05, 4.69) is 4.90 Å². The van der Waals surface area contributed by atoms with Gasteiger partial charge in [0.1, 0.15) is 0 Å². The first-order valence-corrected chi connectivity index (χ1v) is 5.73. The summed E-state index contributed by atoms with van der Waals surface area (Å²) in [5, 5.41) is 0. The van der Waals surface area contributed by atoms with Crippen LogP contribution in [-0.2, 0) is 9.47 Å². The highest BCUT2D eigenvalue weighted by atomic mass is 16.5. The maximum Gasteiger partial charge on any atom is 0.0589 e. The lowest BCUT2D eigenvalue weighted by Crippen LogP contribution is -2.41. The van der Waals surface area contributed by atoms with Crippen molar-refractivity contribution in [3.63, 3.8) is 0 Å². The van der Waals surface area contributed by atoms with Crippen LogP contribution in [0.5, 0.6) is 0 Å². The maximum absolute atomic E-state index is 6.10. The number of hydrogen-bond donors (Lipinski definition) is 1. The molecule has 0 bridgehead atoms. The summed E-state index contributed by atoms with van der Waals surface area (Å²) in [5.74, 6) is 0.762. The second-order valence-corrected chi connectivity index (χ2v) is 4.29. The van der Waals surface area contributed by atoms with Gasteiger partial charge in [-0.2, -0.15) is 0 Å². The Morgan fingerprint density at radius 3 is 2.13 bits per heavy atom. The quantitative estimate of drug-likeness (QED) is 0.603. The lowest BCUT2D eigenvalue weighted by Gasteiger charge is -2.24. The molecule has 0 heterocycles. The number of nitrogens with two attached hydrogens (primary N) is 1. The van der Waals surface area contributed by atoms with Gasteiger partial charge in [0.2, 0.25) is 0 Å². The van der Waals surface area contributed by atoms with Crippen molar-refractivity contribution in [3.8, 4) is 0 Å². The topological polar surface area (TPSA) is 47.7 Å². The van der Waals surface area contributed by atoms with Gasteiger partial charge in [-0.3, -0.25) is 4.90 Å². The Kier molecular flexibility index (Phi) is 6.17. The minimum absolute atomic E-state index is 0.332. The fraction of sp³-hybridized carbons (Fsp3) is 1.00. The van der Waals surface area contributed by atoms with Crippen LogP contribution < -0.4 is 5.73 Å². The van der Waals surface area contributed by atoms with Crippen LogP contribution in [0.1, 0.15) is 12.8 Å². The molecule has 0 aromatic rings. The van der Waals surface area contributed by atoms with E-state index in [0.717, 1.165) is 38.8 Å². The van der Waals surface area contributed by atoms with Crippen molar-refractivity contribution < 1.29 is 9.47 Å². The molecular weight excluding hydrogens is 192 g/mol. The van der Waals surface area contributed by atoms with Crippen molar-refractivity contribution in [2.24, 2.45) is 11.7 Å². The molecule has 90 valence electrons. The predicted molar refractivity (Wildman–Crippen MR) is 60.9 cm³/mol. The molecule has 1 aliphatic rings. The molecule has 0 aromatic carbocycles. The van der Waals surface area contributed by atoms with Gasteiger partial charge in [0.15, 0.2) is 0 Å². The smallest absolute Gasteiger partial charge is 0.0589 e. The Hall–Kier alpha value is -0.160. The number of nitrogens with zero attached hydrogens (tertiary/aromatic N) is 1. The SMILES string of the molecule is COCCN(CCOC)CC(N)C1CC1. The molecule has 1 aliphatic carbocycles. The van der Waals surface area contributed by atoms with Crippen LogP contribution in [0.2, 0.25) is 0 Å². The van der Waals surface area contributed by atoms with Crippen molar-refractivity contribution in [1.82, 2.24) is 4.90 Å². The van der Waals surface area contributed by atoms with Crippen molar-refractivity contribution >= 4 is 0 Å². The average molecular weight is 216 g/mol. The number of rotatable bonds is 9. The van der Waals surface area contributed by atoms with E-state index in [1.807, 2.05) is 0 Å². The van der Waals surface area contributed by atoms with E-state index >= 15 is 0 Å². The third kappa shape index (κ3) is 5.47. The standard InChI is InChI=1S/C11H24N2O2/c1-14-7-5-13(6-8-15-2)9-11(12)10-3-4-10/h10-11H,3-9,12H2,1-2H3. The van der Waals surface area contributed by atoms with E-state index in [-0.39, 0.29) is 0 Å². The second kappa shape index (κ2) is 7.17. The zero-order valence-corrected chi connectivity index (χ0v) is 9.95. The Bertz CT molecular complexity index is 155. The van der Waals surface area contributed by atoms with Crippen LogP contribution in [0.15, 0.2) is 0 Å². The van der Waals surface area contributed by atoms with Crippen molar-refractivity contribution in [2.45, 2.75) is 18.9 Å². The summed E-state index contributed by atoms with van der Waals surface area (Å²) in [5.41, 5.74) is 6.10. The van der Waals surface area contributed by atoms with Gasteiger partial charge in [-0.1, -0.05) is 0 Å². The molecule has 0 aliphatic heterocycles. The fourth-order valence-electron chi connectivity index (χ4n) is 1.71. The van der Waals surface area contributed by atoms with Crippen LogP contribution in [-0.4, -0.2) is 58.0 Å². The Balaban J connectivity index is 2.19. The van der Waals surface area contributed by atoms with Gasteiger partial charge in [-0.25, -0.2) is 0 Å². The molecule has 0 spiro atoms. The molecule has 1 rings (SSSR count). The molecule has 2 N–H and O–H groups in total. The Morgan fingerprint density at radius 2 is 1.73 bits per heavy atom. The summed E-state index contributed by atoms with van der Waals surface area (Å²) in [6, 6.07) is 0.332. The molecule has 0 saturated heterocycles. The zero-order chi connectivity index (χ0) is 11.1. The highest BCUT2D eigenvalue weighted by Gasteiger charge is 2.29. The molecule has 1 atom stereocenters. The van der Waals surface area contributed by atoms with Crippen molar-refractivity contribution in [1.29, 1.82) is 0 Å². The van der Waals surface area contributed by atoms with Crippen LogP contribution in [0.3, 0.4) is 0 Å². The number of methoxy groups -OCH3 is 2. The first-order valence-electron chi connectivity index (χ1n) is 5.73. The first-order chi connectivity index (χ1) is 7.27. The Morgan fingerprint density at radius 1 is 1.20 bits per heavy atom. The van der Waals surface area contributed by atoms with Gasteiger partial charge in [-0.15, -0.1) is 0 Å². The predicted octanol–water partition coefficient (Wildman–Crippen LogP) is 0.319. The molecule has 1 saturated carbocycles. The Labute approximate surface area is 92.7 Å². The minimum Gasteiger partial charge on any atom is -0.383 e. The van der Waals surface area contributed by atoms with Crippen LogP contribution >= 0.6 is 0 Å². The van der Waals surface area contributed by atoms with E-state index in [0.29, 0.717) is 6.04 Å². The first kappa shape index (κ1) is 12.9. The molecule has 1 fully saturated rings. The van der Waals surface area contributed by atoms with E-state index in [9.17, 15) is 0 Å². The molecule has 0 aromatic heterocycles. The molecular formula is C11H24N2O2. The minimum atomic E-state index is 0.332. The van der Waals surface area contributed by atoms with Crippen LogP contribution in [0.4, 0.5) is 0 Å². The van der Waals surface area contributed by atoms with Gasteiger partial charge < -0.3 is 15.2 Å². The van der Waals surface area contributed by atoms with Gasteiger partial charge in [0.25, 0.3) is 0 Å². The highest BCUT2D eigenvalue weighted by Crippen LogP contribution is 2.31. The highest BCUT2D eigenvalue weighted by molar-refractivity contribution is 4.86. The van der Waals surface area contributed by atoms with E-state index in [1.165, 1.54) is 12.8 Å². The third-order valence-corrected chi connectivity index (χ3v) is 2.92. The van der Waals surface area contributed by atoms with Gasteiger partial charge in [0, 0.05) is 39.9 Å². The largest absolute Gasteiger partial charge is 0.383 e. The monoisotopic (exact) mass is 216 g/mol. The second-order valence-electron chi connectivity index (χ2n) is 4.29. The van der Waals surface area contributed by atoms with Crippen LogP contribution in [0.25, 0.3) is 0 Å². The average Bonchev–Trinajstić information content (AvgIpc) is 3.05. The van der Waals surface area contributed by atoms with Crippen molar-refractivity contribution in [2.75, 3.05) is 47.1 Å². The van der Waals surface area contributed by atoms with E-state index in [4.69, 9.17) is 15.2 Å². The normalized spacial score (nSPS) is 18.4. The fourth-order valence-corrected chi connectivity index (χ4v) is 1.71. The molecule has 0 radical (unpaired) electrons. The van der Waals surface area contributed by atoms with Gasteiger partial charge in [0.05, 0.1) is 13.2 Å². The lowest BCUT2D eigenvalue weighted by molar-refractivity contribution is 0.109. The number of hydrogen-bond acceptors (Lipinski definition) is 4. The molecule has 0 amide bonds.